The second kappa shape index (κ2) is 3.76. The van der Waals surface area contributed by atoms with E-state index in [9.17, 15) is 5.11 Å². The first-order chi connectivity index (χ1) is 6.79. The molecule has 0 aromatic heterocycles. The quantitative estimate of drug-likeness (QED) is 0.679. The lowest BCUT2D eigenvalue weighted by Crippen LogP contribution is -1.79. The van der Waals surface area contributed by atoms with Crippen molar-refractivity contribution < 1.29 is 5.11 Å². The second-order valence-corrected chi connectivity index (χ2v) is 3.52. The van der Waals surface area contributed by atoms with Crippen molar-refractivity contribution in [3.63, 3.8) is 0 Å². The molecule has 2 aromatic carbocycles. The minimum atomic E-state index is 0.238. The maximum absolute atomic E-state index is 9.77. The molecule has 0 aliphatic carbocycles. The van der Waals surface area contributed by atoms with Gasteiger partial charge in [0.1, 0.15) is 5.75 Å². The third kappa shape index (κ3) is 1.61. The number of aromatic hydroxyl groups is 1. The van der Waals surface area contributed by atoms with Crippen molar-refractivity contribution in [3.05, 3.63) is 48.5 Å². The maximum atomic E-state index is 9.77. The molecule has 0 atom stereocenters. The van der Waals surface area contributed by atoms with Crippen LogP contribution in [0.5, 0.6) is 5.75 Å². The van der Waals surface area contributed by atoms with Crippen molar-refractivity contribution >= 4 is 12.6 Å². The number of phenolic OH excluding ortho intramolecular Hbond substituents is 1. The van der Waals surface area contributed by atoms with E-state index in [2.05, 4.69) is 12.6 Å². The zero-order valence-corrected chi connectivity index (χ0v) is 8.41. The fraction of sp³-hybridized carbons (Fsp3) is 0. The highest BCUT2D eigenvalue weighted by Gasteiger charge is 2.05. The molecule has 0 bridgehead atoms. The topological polar surface area (TPSA) is 20.2 Å². The summed E-state index contributed by atoms with van der Waals surface area (Å²) in [5, 5.41) is 9.77. The summed E-state index contributed by atoms with van der Waals surface area (Å²) in [6, 6.07) is 15.3. The molecule has 0 aliphatic rings. The number of hydrogen-bond acceptors (Lipinski definition) is 2. The Morgan fingerprint density at radius 1 is 0.857 bits per heavy atom. The van der Waals surface area contributed by atoms with E-state index in [-0.39, 0.29) is 5.75 Å². The van der Waals surface area contributed by atoms with Crippen molar-refractivity contribution in [2.24, 2.45) is 0 Å². The van der Waals surface area contributed by atoms with Gasteiger partial charge in [0.2, 0.25) is 0 Å². The van der Waals surface area contributed by atoms with Gasteiger partial charge in [-0.3, -0.25) is 0 Å². The molecule has 0 spiro atoms. The molecule has 0 fully saturated rings. The van der Waals surface area contributed by atoms with Gasteiger partial charge in [-0.25, -0.2) is 0 Å². The lowest BCUT2D eigenvalue weighted by Gasteiger charge is -2.05. The Kier molecular flexibility index (Phi) is 2.46. The molecule has 0 saturated heterocycles. The molecule has 14 heavy (non-hydrogen) atoms. The maximum Gasteiger partial charge on any atom is 0.136 e. The van der Waals surface area contributed by atoms with Crippen LogP contribution in [0.3, 0.4) is 0 Å². The highest BCUT2D eigenvalue weighted by Crippen LogP contribution is 2.33. The number of phenols is 1. The molecule has 2 aromatic rings. The number of benzene rings is 2. The lowest BCUT2D eigenvalue weighted by molar-refractivity contribution is 0.465. The van der Waals surface area contributed by atoms with Crippen molar-refractivity contribution in [3.8, 4) is 16.9 Å². The van der Waals surface area contributed by atoms with E-state index in [4.69, 9.17) is 0 Å². The van der Waals surface area contributed by atoms with Crippen LogP contribution in [0.25, 0.3) is 11.1 Å². The molecule has 2 rings (SSSR count). The van der Waals surface area contributed by atoms with E-state index in [1.807, 2.05) is 42.5 Å². The average Bonchev–Trinajstić information content (AvgIpc) is 2.23. The second-order valence-electron chi connectivity index (χ2n) is 3.04. The molecular formula is C12H10OS. The van der Waals surface area contributed by atoms with E-state index >= 15 is 0 Å². The van der Waals surface area contributed by atoms with Crippen LogP contribution in [0.15, 0.2) is 53.4 Å². The van der Waals surface area contributed by atoms with E-state index in [1.165, 1.54) is 0 Å². The Hall–Kier alpha value is -1.41. The third-order valence-corrected chi connectivity index (χ3v) is 2.46. The number of para-hydroxylation sites is 1. The number of rotatable bonds is 1. The smallest absolute Gasteiger partial charge is 0.136 e. The van der Waals surface area contributed by atoms with Crippen LogP contribution < -0.4 is 0 Å². The van der Waals surface area contributed by atoms with Gasteiger partial charge in [-0.2, -0.15) is 0 Å². The molecular weight excluding hydrogens is 192 g/mol. The largest absolute Gasteiger partial charge is 0.506 e. The molecule has 0 amide bonds. The average molecular weight is 202 g/mol. The Labute approximate surface area is 88.4 Å². The summed E-state index contributed by atoms with van der Waals surface area (Å²) >= 11 is 4.17. The van der Waals surface area contributed by atoms with Crippen LogP contribution in [0, 0.1) is 0 Å². The highest BCUT2D eigenvalue weighted by atomic mass is 32.1. The molecule has 0 saturated carbocycles. The first-order valence-corrected chi connectivity index (χ1v) is 4.80. The van der Waals surface area contributed by atoms with E-state index < -0.39 is 0 Å². The zero-order valence-electron chi connectivity index (χ0n) is 7.51. The summed E-state index contributed by atoms with van der Waals surface area (Å²) in [6.07, 6.45) is 0. The normalized spacial score (nSPS) is 10.1. The van der Waals surface area contributed by atoms with Crippen LogP contribution in [0.2, 0.25) is 0 Å². The van der Waals surface area contributed by atoms with Gasteiger partial charge in [0.25, 0.3) is 0 Å². The summed E-state index contributed by atoms with van der Waals surface area (Å²) in [5.41, 5.74) is 1.82. The molecule has 70 valence electrons. The van der Waals surface area contributed by atoms with Crippen molar-refractivity contribution in [2.45, 2.75) is 4.90 Å². The molecule has 0 radical (unpaired) electrons. The van der Waals surface area contributed by atoms with Gasteiger partial charge in [0.15, 0.2) is 0 Å². The Bertz CT molecular complexity index is 437. The Morgan fingerprint density at radius 3 is 2.29 bits per heavy atom. The van der Waals surface area contributed by atoms with Gasteiger partial charge < -0.3 is 5.11 Å². The fourth-order valence-corrected chi connectivity index (χ4v) is 1.59. The van der Waals surface area contributed by atoms with Gasteiger partial charge in [-0.1, -0.05) is 42.5 Å². The summed E-state index contributed by atoms with van der Waals surface area (Å²) in [6.45, 7) is 0. The summed E-state index contributed by atoms with van der Waals surface area (Å²) in [7, 11) is 0. The van der Waals surface area contributed by atoms with E-state index in [0.29, 0.717) is 4.90 Å². The monoisotopic (exact) mass is 202 g/mol. The predicted molar refractivity (Wildman–Crippen MR) is 60.8 cm³/mol. The van der Waals surface area contributed by atoms with Crippen LogP contribution in [0.1, 0.15) is 0 Å². The number of hydrogen-bond donors (Lipinski definition) is 2. The van der Waals surface area contributed by atoms with Gasteiger partial charge in [-0.15, -0.1) is 12.6 Å². The molecule has 2 heteroatoms. The summed E-state index contributed by atoms with van der Waals surface area (Å²) < 4.78 is 0. The predicted octanol–water partition coefficient (Wildman–Crippen LogP) is 3.35. The van der Waals surface area contributed by atoms with Gasteiger partial charge >= 0.3 is 0 Å². The highest BCUT2D eigenvalue weighted by molar-refractivity contribution is 7.80. The first kappa shape index (κ1) is 9.16. The van der Waals surface area contributed by atoms with E-state index in [1.54, 1.807) is 6.07 Å². The zero-order chi connectivity index (χ0) is 9.97. The first-order valence-electron chi connectivity index (χ1n) is 4.35. The van der Waals surface area contributed by atoms with Crippen molar-refractivity contribution in [2.75, 3.05) is 0 Å². The summed E-state index contributed by atoms with van der Waals surface area (Å²) in [5.74, 6) is 0.238. The molecule has 0 aliphatic heterocycles. The standard InChI is InChI=1S/C12H10OS/c13-12-10(7-4-8-11(12)14)9-5-2-1-3-6-9/h1-8,13-14H. The van der Waals surface area contributed by atoms with Gasteiger partial charge in [0, 0.05) is 10.5 Å². The van der Waals surface area contributed by atoms with Crippen LogP contribution >= 0.6 is 12.6 Å². The van der Waals surface area contributed by atoms with Gasteiger partial charge in [-0.05, 0) is 11.6 Å². The molecule has 0 unspecified atom stereocenters. The SMILES string of the molecule is Oc1c(S)cccc1-c1ccccc1. The number of thiol groups is 1. The van der Waals surface area contributed by atoms with Crippen LogP contribution in [0.4, 0.5) is 0 Å². The molecule has 1 nitrogen and oxygen atoms in total. The fourth-order valence-electron chi connectivity index (χ4n) is 1.38. The van der Waals surface area contributed by atoms with Crippen molar-refractivity contribution in [1.82, 2.24) is 0 Å². The Balaban J connectivity index is 2.58. The lowest BCUT2D eigenvalue weighted by atomic mass is 10.1. The van der Waals surface area contributed by atoms with Crippen LogP contribution in [-0.4, -0.2) is 5.11 Å². The third-order valence-electron chi connectivity index (χ3n) is 2.10. The Morgan fingerprint density at radius 2 is 1.57 bits per heavy atom. The molecule has 1 N–H and O–H groups in total. The minimum Gasteiger partial charge on any atom is -0.506 e. The molecule has 0 heterocycles. The van der Waals surface area contributed by atoms with Crippen LogP contribution in [-0.2, 0) is 0 Å². The summed E-state index contributed by atoms with van der Waals surface area (Å²) in [4.78, 5) is 0.603. The minimum absolute atomic E-state index is 0.238. The van der Waals surface area contributed by atoms with Crippen molar-refractivity contribution in [1.29, 1.82) is 0 Å². The van der Waals surface area contributed by atoms with Gasteiger partial charge in [0.05, 0.1) is 0 Å². The van der Waals surface area contributed by atoms with E-state index in [0.717, 1.165) is 11.1 Å².